The Morgan fingerprint density at radius 2 is 1.50 bits per heavy atom. The molecular formula is C24H28O5Si. The van der Waals surface area contributed by atoms with Crippen LogP contribution in [0.15, 0.2) is 60.7 Å². The molecule has 3 heterocycles. The molecule has 3 saturated heterocycles. The third-order valence-electron chi connectivity index (χ3n) is 6.99. The third kappa shape index (κ3) is 2.67. The highest BCUT2D eigenvalue weighted by Crippen LogP contribution is 2.52. The molecular weight excluding hydrogens is 396 g/mol. The van der Waals surface area contributed by atoms with Gasteiger partial charge in [0.25, 0.3) is 8.32 Å². The van der Waals surface area contributed by atoms with Crippen LogP contribution in [0.3, 0.4) is 0 Å². The van der Waals surface area contributed by atoms with Gasteiger partial charge in [-0.05, 0) is 15.4 Å². The van der Waals surface area contributed by atoms with Crippen LogP contribution in [0.4, 0.5) is 0 Å². The van der Waals surface area contributed by atoms with Crippen molar-refractivity contribution in [2.24, 2.45) is 11.8 Å². The standard InChI is InChI=1S/C24H28O5Si/c1-24(2,3)30(15-10-6-4-7-11-15,16-12-8-5-9-13-16)29-22-19-17(14-25)18-20(27-19)21(22)28-23(18)26/h4-13,17-22,25H,14H2,1-3H3/t17-,18-,19-,20+,21-,22-/m0/s1. The van der Waals surface area contributed by atoms with Crippen molar-refractivity contribution in [1.82, 2.24) is 0 Å². The van der Waals surface area contributed by atoms with Gasteiger partial charge in [0.05, 0.1) is 12.0 Å². The van der Waals surface area contributed by atoms with Gasteiger partial charge in [-0.25, -0.2) is 0 Å². The van der Waals surface area contributed by atoms with Crippen LogP contribution in [-0.4, -0.2) is 50.4 Å². The summed E-state index contributed by atoms with van der Waals surface area (Å²) in [5, 5.41) is 12.2. The van der Waals surface area contributed by atoms with E-state index in [4.69, 9.17) is 13.9 Å². The normalized spacial score (nSPS) is 32.5. The molecule has 0 aromatic heterocycles. The average molecular weight is 425 g/mol. The van der Waals surface area contributed by atoms with Gasteiger partial charge in [-0.2, -0.15) is 0 Å². The first-order valence-corrected chi connectivity index (χ1v) is 12.5. The van der Waals surface area contributed by atoms with Gasteiger partial charge in [0, 0.05) is 12.5 Å². The molecule has 6 atom stereocenters. The molecule has 158 valence electrons. The average Bonchev–Trinajstić information content (AvgIpc) is 3.35. The molecule has 2 bridgehead atoms. The van der Waals surface area contributed by atoms with Crippen LogP contribution in [0.1, 0.15) is 20.8 Å². The lowest BCUT2D eigenvalue weighted by Gasteiger charge is -2.46. The second-order valence-electron chi connectivity index (χ2n) is 9.58. The van der Waals surface area contributed by atoms with E-state index < -0.39 is 14.4 Å². The number of carbonyl (C=O) groups is 1. The maximum absolute atomic E-state index is 12.5. The fraction of sp³-hybridized carbons (Fsp3) is 0.458. The summed E-state index contributed by atoms with van der Waals surface area (Å²) >= 11 is 0. The van der Waals surface area contributed by atoms with E-state index >= 15 is 0 Å². The van der Waals surface area contributed by atoms with Gasteiger partial charge in [-0.1, -0.05) is 81.4 Å². The third-order valence-corrected chi connectivity index (χ3v) is 12.0. The zero-order chi connectivity index (χ0) is 21.1. The van der Waals surface area contributed by atoms with Crippen LogP contribution in [0.25, 0.3) is 0 Å². The van der Waals surface area contributed by atoms with E-state index in [-0.39, 0.29) is 47.8 Å². The van der Waals surface area contributed by atoms with Crippen molar-refractivity contribution in [3.63, 3.8) is 0 Å². The molecule has 0 saturated carbocycles. The second-order valence-corrected chi connectivity index (χ2v) is 13.8. The van der Waals surface area contributed by atoms with Crippen molar-refractivity contribution in [3.05, 3.63) is 60.7 Å². The number of carbonyl (C=O) groups excluding carboxylic acids is 1. The van der Waals surface area contributed by atoms with Gasteiger partial charge >= 0.3 is 5.97 Å². The van der Waals surface area contributed by atoms with Crippen LogP contribution < -0.4 is 10.4 Å². The minimum absolute atomic E-state index is 0.103. The first kappa shape index (κ1) is 19.9. The Labute approximate surface area is 178 Å². The van der Waals surface area contributed by atoms with E-state index in [1.165, 1.54) is 10.4 Å². The maximum Gasteiger partial charge on any atom is 0.312 e. The summed E-state index contributed by atoms with van der Waals surface area (Å²) in [6.07, 6.45) is -1.44. The highest BCUT2D eigenvalue weighted by molar-refractivity contribution is 6.99. The van der Waals surface area contributed by atoms with Crippen LogP contribution in [0, 0.1) is 11.8 Å². The summed E-state index contributed by atoms with van der Waals surface area (Å²) in [5.74, 6) is -0.909. The molecule has 5 rings (SSSR count). The summed E-state index contributed by atoms with van der Waals surface area (Å²) in [6.45, 7) is 6.56. The highest BCUT2D eigenvalue weighted by Gasteiger charge is 2.70. The highest BCUT2D eigenvalue weighted by atomic mass is 28.4. The zero-order valence-corrected chi connectivity index (χ0v) is 18.5. The predicted octanol–water partition coefficient (Wildman–Crippen LogP) is 1.86. The van der Waals surface area contributed by atoms with E-state index in [0.29, 0.717) is 0 Å². The summed E-state index contributed by atoms with van der Waals surface area (Å²) < 4.78 is 19.1. The first-order valence-electron chi connectivity index (χ1n) is 10.6. The fourth-order valence-electron chi connectivity index (χ4n) is 5.69. The SMILES string of the molecule is CC(C)(C)[Si](O[C@@H]1[C@H]2OC(=O)[C@H]3[C@H](CO)[C@@H]1O[C@@H]23)(c1ccccc1)c1ccccc1. The Hall–Kier alpha value is -1.99. The van der Waals surface area contributed by atoms with Crippen LogP contribution in [0.5, 0.6) is 0 Å². The van der Waals surface area contributed by atoms with Gasteiger partial charge in [-0.15, -0.1) is 0 Å². The zero-order valence-electron chi connectivity index (χ0n) is 17.5. The molecule has 3 aliphatic rings. The molecule has 3 fully saturated rings. The topological polar surface area (TPSA) is 65.0 Å². The number of benzene rings is 2. The smallest absolute Gasteiger partial charge is 0.312 e. The molecule has 5 nitrogen and oxygen atoms in total. The summed E-state index contributed by atoms with van der Waals surface area (Å²) in [6, 6.07) is 20.8. The second kappa shape index (κ2) is 7.02. The Morgan fingerprint density at radius 1 is 0.933 bits per heavy atom. The Kier molecular flexibility index (Phi) is 4.67. The molecule has 2 aromatic rings. The number of esters is 1. The van der Waals surface area contributed by atoms with Crippen molar-refractivity contribution < 1.29 is 23.8 Å². The first-order chi connectivity index (χ1) is 14.4. The molecule has 0 amide bonds. The minimum atomic E-state index is -2.81. The van der Waals surface area contributed by atoms with E-state index in [1.54, 1.807) is 0 Å². The molecule has 6 heteroatoms. The number of fused-ring (bicyclic) bond motifs is 1. The Morgan fingerprint density at radius 3 is 2.00 bits per heavy atom. The van der Waals surface area contributed by atoms with Crippen molar-refractivity contribution >= 4 is 24.7 Å². The summed E-state index contributed by atoms with van der Waals surface area (Å²) in [7, 11) is -2.81. The van der Waals surface area contributed by atoms with Crippen LogP contribution in [0.2, 0.25) is 5.04 Å². The minimum Gasteiger partial charge on any atom is -0.456 e. The maximum atomic E-state index is 12.5. The molecule has 30 heavy (non-hydrogen) atoms. The van der Waals surface area contributed by atoms with Crippen molar-refractivity contribution in [3.8, 4) is 0 Å². The van der Waals surface area contributed by atoms with Gasteiger partial charge in [-0.3, -0.25) is 4.79 Å². The number of ether oxygens (including phenoxy) is 2. The quantitative estimate of drug-likeness (QED) is 0.586. The van der Waals surface area contributed by atoms with E-state index in [2.05, 4.69) is 69.3 Å². The predicted molar refractivity (Wildman–Crippen MR) is 115 cm³/mol. The molecule has 0 spiro atoms. The monoisotopic (exact) mass is 424 g/mol. The molecule has 3 aliphatic heterocycles. The lowest BCUT2D eigenvalue weighted by Crippen LogP contribution is -2.69. The van der Waals surface area contributed by atoms with Gasteiger partial charge in [0.2, 0.25) is 0 Å². The molecule has 0 aliphatic carbocycles. The lowest BCUT2D eigenvalue weighted by atomic mass is 9.79. The lowest BCUT2D eigenvalue weighted by molar-refractivity contribution is -0.145. The number of aliphatic hydroxyl groups is 1. The van der Waals surface area contributed by atoms with E-state index in [1.807, 2.05) is 12.1 Å². The van der Waals surface area contributed by atoms with E-state index in [0.717, 1.165) is 0 Å². The summed E-state index contributed by atoms with van der Waals surface area (Å²) in [5.41, 5.74) is 0. The number of rotatable bonds is 5. The molecule has 1 N–H and O–H groups in total. The molecule has 2 aromatic carbocycles. The van der Waals surface area contributed by atoms with Crippen LogP contribution in [-0.2, 0) is 18.7 Å². The largest absolute Gasteiger partial charge is 0.456 e. The fourth-order valence-corrected chi connectivity index (χ4v) is 10.4. The van der Waals surface area contributed by atoms with Gasteiger partial charge in [0.1, 0.15) is 12.2 Å². The Balaban J connectivity index is 1.65. The van der Waals surface area contributed by atoms with Crippen molar-refractivity contribution in [2.75, 3.05) is 6.61 Å². The summed E-state index contributed by atoms with van der Waals surface area (Å²) in [4.78, 5) is 12.5. The van der Waals surface area contributed by atoms with Crippen molar-refractivity contribution in [1.29, 1.82) is 0 Å². The number of hydrogen-bond donors (Lipinski definition) is 1. The van der Waals surface area contributed by atoms with Gasteiger partial charge in [0.15, 0.2) is 6.10 Å². The Bertz CT molecular complexity index is 886. The van der Waals surface area contributed by atoms with Gasteiger partial charge < -0.3 is 19.0 Å². The van der Waals surface area contributed by atoms with Crippen LogP contribution >= 0.6 is 0 Å². The van der Waals surface area contributed by atoms with E-state index in [9.17, 15) is 9.90 Å². The number of hydrogen-bond acceptors (Lipinski definition) is 5. The molecule has 0 unspecified atom stereocenters. The van der Waals surface area contributed by atoms with Crippen molar-refractivity contribution in [2.45, 2.75) is 50.2 Å². The molecule has 0 radical (unpaired) electrons. The number of aliphatic hydroxyl groups excluding tert-OH is 1.